The van der Waals surface area contributed by atoms with E-state index in [1.165, 1.54) is 13.0 Å². The fourth-order valence-corrected chi connectivity index (χ4v) is 9.56. The summed E-state index contributed by atoms with van der Waals surface area (Å²) in [5.41, 5.74) is -3.60. The van der Waals surface area contributed by atoms with Crippen LogP contribution in [-0.2, 0) is 47.5 Å². The molecule has 4 aliphatic heterocycles. The predicted molar refractivity (Wildman–Crippen MR) is 196 cm³/mol. The van der Waals surface area contributed by atoms with Gasteiger partial charge in [0.25, 0.3) is 0 Å². The molecule has 4 fully saturated rings. The monoisotopic (exact) mass is 811 g/mol. The smallest absolute Gasteiger partial charge is 0.316 e. The minimum atomic E-state index is -1.84. The fraction of sp³-hybridized carbons (Fsp3) is 0.610. The number of fused-ring (bicyclic) bond motifs is 5. The Morgan fingerprint density at radius 3 is 2.17 bits per heavy atom. The van der Waals surface area contributed by atoms with Gasteiger partial charge in [0.05, 0.1) is 53.8 Å². The van der Waals surface area contributed by atoms with Crippen LogP contribution in [0.25, 0.3) is 0 Å². The molecule has 0 aromatic heterocycles. The number of rotatable bonds is 6. The number of hydrogen-bond donors (Lipinski definition) is 4. The first-order valence-corrected chi connectivity index (χ1v) is 19.5. The molecule has 17 nitrogen and oxygen atoms in total. The number of phenolic OH excluding ortho intramolecular Hbond substituents is 3. The van der Waals surface area contributed by atoms with Gasteiger partial charge in [-0.15, -0.1) is 0 Å². The molecule has 0 bridgehead atoms. The number of ether oxygens (including phenoxy) is 8. The average molecular weight is 812 g/mol. The van der Waals surface area contributed by atoms with Crippen molar-refractivity contribution in [1.82, 2.24) is 4.90 Å². The molecule has 2 aliphatic carbocycles. The fourth-order valence-electron chi connectivity index (χ4n) is 9.56. The van der Waals surface area contributed by atoms with E-state index in [2.05, 4.69) is 0 Å². The summed E-state index contributed by atoms with van der Waals surface area (Å²) in [6.07, 6.45) is -6.55. The largest absolute Gasteiger partial charge is 0.507 e. The number of carbonyl (C=O) groups excluding carboxylic acids is 4. The van der Waals surface area contributed by atoms with Gasteiger partial charge in [-0.05, 0) is 65.6 Å². The average Bonchev–Trinajstić information content (AvgIpc) is 3.14. The number of phenols is 3. The van der Waals surface area contributed by atoms with Crippen LogP contribution in [0.15, 0.2) is 18.2 Å². The van der Waals surface area contributed by atoms with Crippen molar-refractivity contribution >= 4 is 23.3 Å². The van der Waals surface area contributed by atoms with Gasteiger partial charge < -0.3 is 63.2 Å². The normalized spacial score (nSPS) is 38.3. The van der Waals surface area contributed by atoms with Crippen LogP contribution in [0.1, 0.15) is 108 Å². The highest BCUT2D eigenvalue weighted by Crippen LogP contribution is 2.53. The van der Waals surface area contributed by atoms with Gasteiger partial charge in [-0.2, -0.15) is 0 Å². The van der Waals surface area contributed by atoms with E-state index in [0.717, 1.165) is 19.2 Å². The van der Waals surface area contributed by atoms with E-state index in [9.17, 15) is 39.6 Å². The number of benzene rings is 2. The number of esters is 1. The molecule has 4 heterocycles. The number of methoxy groups -OCH3 is 1. The minimum absolute atomic E-state index is 0.0106. The van der Waals surface area contributed by atoms with E-state index >= 15 is 0 Å². The number of carbonyl (C=O) groups is 4. The first-order valence-electron chi connectivity index (χ1n) is 19.5. The van der Waals surface area contributed by atoms with E-state index < -0.39 is 131 Å². The van der Waals surface area contributed by atoms with Gasteiger partial charge in [0.15, 0.2) is 30.4 Å². The standard InChI is InChI=1S/C41H49NO16/c1-15-23(45)12-25-40(54-15)58-38-17(3)53-28(13-24(38)55-25)57-37-16(2)52-27(11-20(37)42(5)6)56-26-14-41(4,50)33(39(49)51-7)18-10-19-30(35(47)29(18)26)36(48)32-22(44)9-8-21(43)31(32)34(19)46/h8-10,15-17,20,24-28,33,37-38,40,43-44,47,50H,11-14H2,1-7H3/t15-,16?,17-,20?,24?,25?,26-,27-,28-,33?,37+,38?,40?,41?/m0/s1. The number of Topliss-reactive ketones (excluding diaryl/α,β-unsaturated/α-hetero) is 1. The van der Waals surface area contributed by atoms with Gasteiger partial charge >= 0.3 is 5.97 Å². The van der Waals surface area contributed by atoms with Crippen LogP contribution in [0.3, 0.4) is 0 Å². The summed E-state index contributed by atoms with van der Waals surface area (Å²) >= 11 is 0. The van der Waals surface area contributed by atoms with Crippen molar-refractivity contribution in [2.24, 2.45) is 0 Å². The first kappa shape index (κ1) is 40.7. The summed E-state index contributed by atoms with van der Waals surface area (Å²) in [6, 6.07) is 3.05. The molecule has 0 spiro atoms. The molecule has 8 rings (SSSR count). The maximum Gasteiger partial charge on any atom is 0.316 e. The van der Waals surface area contributed by atoms with Crippen molar-refractivity contribution in [2.45, 2.75) is 139 Å². The highest BCUT2D eigenvalue weighted by Gasteiger charge is 2.54. The summed E-state index contributed by atoms with van der Waals surface area (Å²) in [5, 5.41) is 44.9. The summed E-state index contributed by atoms with van der Waals surface area (Å²) in [5.74, 6) is -5.94. The van der Waals surface area contributed by atoms with Gasteiger partial charge in [0.1, 0.15) is 47.6 Å². The highest BCUT2D eigenvalue weighted by molar-refractivity contribution is 6.31. The summed E-state index contributed by atoms with van der Waals surface area (Å²) in [4.78, 5) is 55.4. The number of hydrogen-bond acceptors (Lipinski definition) is 17. The van der Waals surface area contributed by atoms with Gasteiger partial charge in [-0.1, -0.05) is 0 Å². The Kier molecular flexibility index (Phi) is 10.5. The lowest BCUT2D eigenvalue weighted by molar-refractivity contribution is -0.371. The lowest BCUT2D eigenvalue weighted by atomic mass is 9.68. The molecule has 17 heteroatoms. The first-order chi connectivity index (χ1) is 27.4. The molecule has 58 heavy (non-hydrogen) atoms. The molecule has 2 aromatic carbocycles. The topological polar surface area (TPSA) is 226 Å². The second-order valence-corrected chi connectivity index (χ2v) is 16.6. The highest BCUT2D eigenvalue weighted by atomic mass is 16.8. The van der Waals surface area contributed by atoms with Gasteiger partial charge in [0.2, 0.25) is 5.78 Å². The molecule has 2 aromatic rings. The molecule has 0 radical (unpaired) electrons. The van der Waals surface area contributed by atoms with Crippen molar-refractivity contribution in [2.75, 3.05) is 21.2 Å². The minimum Gasteiger partial charge on any atom is -0.507 e. The zero-order chi connectivity index (χ0) is 41.7. The molecule has 314 valence electrons. The molecule has 0 saturated carbocycles. The Balaban J connectivity index is 1.06. The van der Waals surface area contributed by atoms with E-state index in [0.29, 0.717) is 6.42 Å². The van der Waals surface area contributed by atoms with Crippen molar-refractivity contribution in [3.8, 4) is 17.2 Å². The molecular formula is C41H49NO16. The van der Waals surface area contributed by atoms with Crippen LogP contribution in [0, 0.1) is 0 Å². The predicted octanol–water partition coefficient (Wildman–Crippen LogP) is 2.49. The molecule has 8 unspecified atom stereocenters. The van der Waals surface area contributed by atoms with E-state index in [-0.39, 0.29) is 47.8 Å². The van der Waals surface area contributed by atoms with Crippen molar-refractivity contribution < 1.29 is 77.5 Å². The van der Waals surface area contributed by atoms with Crippen LogP contribution in [0.4, 0.5) is 0 Å². The van der Waals surface area contributed by atoms with Crippen LogP contribution < -0.4 is 0 Å². The van der Waals surface area contributed by atoms with Crippen molar-refractivity contribution in [3.05, 3.63) is 51.6 Å². The second kappa shape index (κ2) is 14.9. The van der Waals surface area contributed by atoms with E-state index in [4.69, 9.17) is 37.9 Å². The molecule has 14 atom stereocenters. The molecule has 4 saturated heterocycles. The second-order valence-electron chi connectivity index (χ2n) is 16.6. The lowest BCUT2D eigenvalue weighted by Gasteiger charge is -2.51. The van der Waals surface area contributed by atoms with E-state index in [1.54, 1.807) is 6.92 Å². The number of ketones is 3. The zero-order valence-corrected chi connectivity index (χ0v) is 33.2. The molecule has 6 aliphatic rings. The van der Waals surface area contributed by atoms with Crippen LogP contribution in [-0.4, -0.2) is 143 Å². The number of nitrogens with zero attached hydrogens (tertiary/aromatic N) is 1. The summed E-state index contributed by atoms with van der Waals surface area (Å²) in [7, 11) is 4.89. The Labute approximate surface area is 334 Å². The quantitative estimate of drug-likeness (QED) is 0.207. The third kappa shape index (κ3) is 6.70. The van der Waals surface area contributed by atoms with E-state index in [1.807, 2.05) is 32.8 Å². The van der Waals surface area contributed by atoms with Crippen LogP contribution >= 0.6 is 0 Å². The number of aromatic hydroxyl groups is 3. The Bertz CT molecular complexity index is 2030. The SMILES string of the molecule is COC(=O)C1c2cc3c(c(O)c2[C@@H](O[C@H]2CC(N(C)C)[C@H](O[C@H]4CC5OC6CC(=O)[C@H](C)OC6OC5[C@H](C)O4)C(C)O2)CC1(C)O)C(=O)c1c(O)ccc(O)c1C3=O. The van der Waals surface area contributed by atoms with Crippen molar-refractivity contribution in [1.29, 1.82) is 0 Å². The maximum absolute atomic E-state index is 13.9. The number of likely N-dealkylation sites (N-methyl/N-ethyl adjacent to an activating group) is 1. The Morgan fingerprint density at radius 2 is 1.50 bits per heavy atom. The number of aliphatic hydroxyl groups is 1. The van der Waals surface area contributed by atoms with Gasteiger partial charge in [-0.3, -0.25) is 19.2 Å². The van der Waals surface area contributed by atoms with Crippen LogP contribution in [0.5, 0.6) is 17.2 Å². The third-order valence-electron chi connectivity index (χ3n) is 12.4. The maximum atomic E-state index is 13.9. The summed E-state index contributed by atoms with van der Waals surface area (Å²) < 4.78 is 49.3. The van der Waals surface area contributed by atoms with Crippen LogP contribution in [0.2, 0.25) is 0 Å². The van der Waals surface area contributed by atoms with Gasteiger partial charge in [-0.25, -0.2) is 0 Å². The molecule has 4 N–H and O–H groups in total. The Morgan fingerprint density at radius 1 is 0.845 bits per heavy atom. The van der Waals surface area contributed by atoms with Gasteiger partial charge in [0, 0.05) is 42.9 Å². The van der Waals surface area contributed by atoms with Crippen molar-refractivity contribution in [3.63, 3.8) is 0 Å². The Hall–Kier alpha value is -4.04. The zero-order valence-electron chi connectivity index (χ0n) is 33.2. The summed E-state index contributed by atoms with van der Waals surface area (Å²) in [6.45, 7) is 6.79. The lowest BCUT2D eigenvalue weighted by Crippen LogP contribution is -2.62. The third-order valence-corrected chi connectivity index (χ3v) is 12.4. The molecular weight excluding hydrogens is 762 g/mol. The molecule has 0 amide bonds.